The predicted molar refractivity (Wildman–Crippen MR) is 80.6 cm³/mol. The first-order chi connectivity index (χ1) is 9.70. The third-order valence-corrected chi connectivity index (χ3v) is 4.07. The van der Waals surface area contributed by atoms with E-state index in [-0.39, 0.29) is 0 Å². The lowest BCUT2D eigenvalue weighted by Gasteiger charge is -2.09. The van der Waals surface area contributed by atoms with Crippen LogP contribution in [0, 0.1) is 0 Å². The summed E-state index contributed by atoms with van der Waals surface area (Å²) in [5.74, 6) is 1.72. The van der Waals surface area contributed by atoms with E-state index in [1.54, 1.807) is 25.3 Å². The molecule has 1 unspecified atom stereocenters. The number of anilines is 1. The molecule has 0 aliphatic heterocycles. The second-order valence-corrected chi connectivity index (χ2v) is 5.69. The second-order valence-electron chi connectivity index (χ2n) is 4.11. The Balaban J connectivity index is 1.91. The molecule has 0 saturated heterocycles. The molecule has 2 aromatic carbocycles. The molecule has 2 rings (SSSR count). The van der Waals surface area contributed by atoms with Crippen molar-refractivity contribution in [2.75, 3.05) is 25.2 Å². The first kappa shape index (κ1) is 14.4. The maximum atomic E-state index is 12.1. The van der Waals surface area contributed by atoms with Crippen molar-refractivity contribution < 1.29 is 13.7 Å². The van der Waals surface area contributed by atoms with Crippen molar-refractivity contribution in [1.82, 2.24) is 0 Å². The minimum Gasteiger partial charge on any atom is -0.497 e. The average Bonchev–Trinajstić information content (AvgIpc) is 2.49. The topological polar surface area (TPSA) is 61.5 Å². The molecule has 0 radical (unpaired) electrons. The number of para-hydroxylation sites is 2. The lowest BCUT2D eigenvalue weighted by atomic mass is 10.3. The van der Waals surface area contributed by atoms with Gasteiger partial charge in [-0.05, 0) is 30.3 Å². The van der Waals surface area contributed by atoms with Gasteiger partial charge in [0.2, 0.25) is 0 Å². The Morgan fingerprint density at radius 3 is 2.70 bits per heavy atom. The smallest absolute Gasteiger partial charge is 0.142 e. The third-order valence-electron chi connectivity index (χ3n) is 2.75. The molecular weight excluding hydrogens is 274 g/mol. The van der Waals surface area contributed by atoms with E-state index < -0.39 is 10.8 Å². The highest BCUT2D eigenvalue weighted by Gasteiger charge is 2.06. The molecule has 106 valence electrons. The summed E-state index contributed by atoms with van der Waals surface area (Å²) in [6, 6.07) is 14.5. The van der Waals surface area contributed by atoms with E-state index >= 15 is 0 Å². The Hall–Kier alpha value is -2.01. The van der Waals surface area contributed by atoms with E-state index in [0.29, 0.717) is 29.5 Å². The lowest BCUT2D eigenvalue weighted by molar-refractivity contribution is 0.344. The van der Waals surface area contributed by atoms with Crippen LogP contribution in [-0.4, -0.2) is 23.7 Å². The molecule has 0 saturated carbocycles. The van der Waals surface area contributed by atoms with E-state index in [9.17, 15) is 4.21 Å². The highest BCUT2D eigenvalue weighted by Crippen LogP contribution is 2.20. The van der Waals surface area contributed by atoms with Crippen LogP contribution < -0.4 is 15.2 Å². The van der Waals surface area contributed by atoms with Crippen molar-refractivity contribution in [2.24, 2.45) is 0 Å². The summed E-state index contributed by atoms with van der Waals surface area (Å²) in [5, 5.41) is 0. The number of methoxy groups -OCH3 is 1. The maximum absolute atomic E-state index is 12.1. The SMILES string of the molecule is COc1cccc(S(=O)CCOc2ccccc2N)c1. The van der Waals surface area contributed by atoms with E-state index in [1.807, 2.05) is 30.3 Å². The summed E-state index contributed by atoms with van der Waals surface area (Å²) in [7, 11) is 0.465. The maximum Gasteiger partial charge on any atom is 0.142 e. The Labute approximate surface area is 121 Å². The largest absolute Gasteiger partial charge is 0.497 e. The van der Waals surface area contributed by atoms with Crippen LogP contribution in [0.25, 0.3) is 0 Å². The van der Waals surface area contributed by atoms with Crippen LogP contribution in [0.15, 0.2) is 53.4 Å². The summed E-state index contributed by atoms with van der Waals surface area (Å²) in [5.41, 5.74) is 6.35. The Morgan fingerprint density at radius 1 is 1.15 bits per heavy atom. The molecule has 0 aliphatic rings. The molecule has 0 amide bonds. The van der Waals surface area contributed by atoms with E-state index in [4.69, 9.17) is 15.2 Å². The van der Waals surface area contributed by atoms with Gasteiger partial charge < -0.3 is 15.2 Å². The normalized spacial score (nSPS) is 11.8. The van der Waals surface area contributed by atoms with Crippen LogP contribution in [0.5, 0.6) is 11.5 Å². The van der Waals surface area contributed by atoms with Crippen LogP contribution in [-0.2, 0) is 10.8 Å². The fraction of sp³-hybridized carbons (Fsp3) is 0.200. The first-order valence-corrected chi connectivity index (χ1v) is 7.52. The van der Waals surface area contributed by atoms with E-state index in [0.717, 1.165) is 4.90 Å². The van der Waals surface area contributed by atoms with Crippen molar-refractivity contribution >= 4 is 16.5 Å². The molecule has 2 aromatic rings. The van der Waals surface area contributed by atoms with Crippen molar-refractivity contribution in [3.63, 3.8) is 0 Å². The second kappa shape index (κ2) is 6.96. The van der Waals surface area contributed by atoms with Gasteiger partial charge in [-0.1, -0.05) is 18.2 Å². The van der Waals surface area contributed by atoms with Crippen molar-refractivity contribution in [1.29, 1.82) is 0 Å². The molecule has 20 heavy (non-hydrogen) atoms. The number of nitrogen functional groups attached to an aromatic ring is 1. The molecule has 4 nitrogen and oxygen atoms in total. The van der Waals surface area contributed by atoms with Gasteiger partial charge in [0, 0.05) is 4.90 Å². The number of hydrogen-bond donors (Lipinski definition) is 1. The molecule has 0 spiro atoms. The minimum atomic E-state index is -1.12. The quantitative estimate of drug-likeness (QED) is 0.831. The van der Waals surface area contributed by atoms with Crippen LogP contribution in [0.1, 0.15) is 0 Å². The number of rotatable bonds is 6. The van der Waals surface area contributed by atoms with Gasteiger partial charge in [-0.15, -0.1) is 0 Å². The average molecular weight is 291 g/mol. The molecule has 5 heteroatoms. The number of benzene rings is 2. The molecule has 0 aromatic heterocycles. The predicted octanol–water partition coefficient (Wildman–Crippen LogP) is 2.46. The highest BCUT2D eigenvalue weighted by atomic mass is 32.2. The lowest BCUT2D eigenvalue weighted by Crippen LogP contribution is -2.09. The van der Waals surface area contributed by atoms with Crippen molar-refractivity contribution in [2.45, 2.75) is 4.90 Å². The third kappa shape index (κ3) is 3.74. The minimum absolute atomic E-state index is 0.345. The summed E-state index contributed by atoms with van der Waals surface area (Å²) in [6.45, 7) is 0.345. The van der Waals surface area contributed by atoms with E-state index in [2.05, 4.69) is 0 Å². The molecule has 0 aliphatic carbocycles. The van der Waals surface area contributed by atoms with Gasteiger partial charge in [-0.3, -0.25) is 4.21 Å². The van der Waals surface area contributed by atoms with Gasteiger partial charge in [0.05, 0.1) is 29.3 Å². The Bertz CT molecular complexity index is 601. The molecule has 0 fully saturated rings. The summed E-state index contributed by atoms with van der Waals surface area (Å²) >= 11 is 0. The standard InChI is InChI=1S/C15H17NO3S/c1-18-12-5-4-6-13(11-12)20(17)10-9-19-15-8-3-2-7-14(15)16/h2-8,11H,9-10,16H2,1H3. The van der Waals surface area contributed by atoms with Crippen LogP contribution >= 0.6 is 0 Å². The fourth-order valence-electron chi connectivity index (χ4n) is 1.70. The number of ether oxygens (including phenoxy) is 2. The summed E-state index contributed by atoms with van der Waals surface area (Å²) < 4.78 is 22.8. The highest BCUT2D eigenvalue weighted by molar-refractivity contribution is 7.85. The zero-order valence-electron chi connectivity index (χ0n) is 11.2. The molecular formula is C15H17NO3S. The van der Waals surface area contributed by atoms with Gasteiger partial charge in [0.15, 0.2) is 0 Å². The van der Waals surface area contributed by atoms with Crippen molar-refractivity contribution in [3.8, 4) is 11.5 Å². The van der Waals surface area contributed by atoms with Crippen LogP contribution in [0.2, 0.25) is 0 Å². The van der Waals surface area contributed by atoms with Gasteiger partial charge >= 0.3 is 0 Å². The van der Waals surface area contributed by atoms with Gasteiger partial charge in [-0.25, -0.2) is 0 Å². The Morgan fingerprint density at radius 2 is 1.95 bits per heavy atom. The fourth-order valence-corrected chi connectivity index (χ4v) is 2.65. The molecule has 2 N–H and O–H groups in total. The zero-order valence-corrected chi connectivity index (χ0v) is 12.1. The van der Waals surface area contributed by atoms with Gasteiger partial charge in [0.25, 0.3) is 0 Å². The van der Waals surface area contributed by atoms with Gasteiger partial charge in [-0.2, -0.15) is 0 Å². The first-order valence-electron chi connectivity index (χ1n) is 6.20. The van der Waals surface area contributed by atoms with Crippen molar-refractivity contribution in [3.05, 3.63) is 48.5 Å². The van der Waals surface area contributed by atoms with Crippen LogP contribution in [0.4, 0.5) is 5.69 Å². The zero-order chi connectivity index (χ0) is 14.4. The van der Waals surface area contributed by atoms with Crippen LogP contribution in [0.3, 0.4) is 0 Å². The Kier molecular flexibility index (Phi) is 5.01. The van der Waals surface area contributed by atoms with E-state index in [1.165, 1.54) is 0 Å². The van der Waals surface area contributed by atoms with Gasteiger partial charge in [0.1, 0.15) is 18.1 Å². The number of nitrogens with two attached hydrogens (primary N) is 1. The molecule has 1 atom stereocenters. The monoisotopic (exact) mass is 291 g/mol. The molecule has 0 bridgehead atoms. The number of hydrogen-bond acceptors (Lipinski definition) is 4. The summed E-state index contributed by atoms with van der Waals surface area (Å²) in [4.78, 5) is 0.731. The molecule has 0 heterocycles. The summed E-state index contributed by atoms with van der Waals surface area (Å²) in [6.07, 6.45) is 0.